The van der Waals surface area contributed by atoms with Gasteiger partial charge >= 0.3 is 0 Å². The van der Waals surface area contributed by atoms with E-state index in [1.807, 2.05) is 24.0 Å². The van der Waals surface area contributed by atoms with Gasteiger partial charge in [-0.15, -0.1) is 0 Å². The summed E-state index contributed by atoms with van der Waals surface area (Å²) in [7, 11) is 3.42. The number of hydrogen-bond donors (Lipinski definition) is 0. The minimum Gasteiger partial charge on any atom is -0.497 e. The lowest BCUT2D eigenvalue weighted by atomic mass is 10.0. The molecule has 1 atom stereocenters. The van der Waals surface area contributed by atoms with Gasteiger partial charge in [0, 0.05) is 31.3 Å². The van der Waals surface area contributed by atoms with Crippen LogP contribution in [0.2, 0.25) is 0 Å². The fourth-order valence-electron chi connectivity index (χ4n) is 4.61. The average Bonchev–Trinajstić information content (AvgIpc) is 3.35. The van der Waals surface area contributed by atoms with Crippen LogP contribution in [0.15, 0.2) is 18.2 Å². The zero-order valence-corrected chi connectivity index (χ0v) is 18.8. The van der Waals surface area contributed by atoms with E-state index in [0.29, 0.717) is 24.5 Å². The maximum Gasteiger partial charge on any atom is 0.232 e. The lowest BCUT2D eigenvalue weighted by Gasteiger charge is -2.25. The molecule has 3 heterocycles. The number of aromatic nitrogens is 2. The number of ether oxygens (including phenoxy) is 1. The van der Waals surface area contributed by atoms with Crippen molar-refractivity contribution in [2.45, 2.75) is 58.4 Å². The molecule has 1 fully saturated rings. The predicted octanol–water partition coefficient (Wildman–Crippen LogP) is 3.31. The van der Waals surface area contributed by atoms with Crippen molar-refractivity contribution in [2.24, 2.45) is 0 Å². The molecular weight excluding hydrogens is 392 g/mol. The van der Waals surface area contributed by atoms with Gasteiger partial charge in [0.05, 0.1) is 19.6 Å². The van der Waals surface area contributed by atoms with Crippen molar-refractivity contribution in [3.63, 3.8) is 0 Å². The molecule has 7 nitrogen and oxygen atoms in total. The van der Waals surface area contributed by atoms with E-state index in [9.17, 15) is 9.59 Å². The highest BCUT2D eigenvalue weighted by Crippen LogP contribution is 2.35. The van der Waals surface area contributed by atoms with Crippen LogP contribution in [0.25, 0.3) is 0 Å². The average molecular weight is 423 g/mol. The van der Waals surface area contributed by atoms with E-state index >= 15 is 0 Å². The van der Waals surface area contributed by atoms with Crippen LogP contribution in [0.1, 0.15) is 59.9 Å². The Morgan fingerprint density at radius 2 is 2.06 bits per heavy atom. The van der Waals surface area contributed by atoms with Crippen LogP contribution < -0.4 is 9.64 Å². The van der Waals surface area contributed by atoms with Crippen molar-refractivity contribution in [3.8, 4) is 5.75 Å². The third-order valence-electron chi connectivity index (χ3n) is 6.49. The third-order valence-corrected chi connectivity index (χ3v) is 6.49. The molecule has 0 aliphatic carbocycles. The maximum atomic E-state index is 13.0. The highest BCUT2D eigenvalue weighted by molar-refractivity contribution is 6.00. The number of amides is 2. The zero-order chi connectivity index (χ0) is 22.1. The fraction of sp³-hybridized carbons (Fsp3) is 0.500. The van der Waals surface area contributed by atoms with E-state index in [2.05, 4.69) is 18.0 Å². The quantitative estimate of drug-likeness (QED) is 0.714. The van der Waals surface area contributed by atoms with Gasteiger partial charge in [-0.1, -0.05) is 6.07 Å². The van der Waals surface area contributed by atoms with Gasteiger partial charge in [-0.05, 0) is 62.8 Å². The number of anilines is 1. The Bertz CT molecular complexity index is 1020. The molecule has 1 saturated heterocycles. The number of methoxy groups -OCH3 is 1. The number of rotatable bonds is 6. The second-order valence-electron chi connectivity index (χ2n) is 8.49. The first-order valence-electron chi connectivity index (χ1n) is 11.0. The van der Waals surface area contributed by atoms with Gasteiger partial charge in [0.2, 0.25) is 11.8 Å². The molecule has 1 aromatic carbocycles. The van der Waals surface area contributed by atoms with Crippen LogP contribution in [-0.4, -0.2) is 47.4 Å². The van der Waals surface area contributed by atoms with E-state index in [1.54, 1.807) is 19.1 Å². The van der Waals surface area contributed by atoms with Gasteiger partial charge in [0.25, 0.3) is 0 Å². The summed E-state index contributed by atoms with van der Waals surface area (Å²) in [5.74, 6) is 2.41. The fourth-order valence-corrected chi connectivity index (χ4v) is 4.61. The molecule has 4 rings (SSSR count). The number of benzene rings is 1. The van der Waals surface area contributed by atoms with Crippen LogP contribution in [0.3, 0.4) is 0 Å². The lowest BCUT2D eigenvalue weighted by molar-refractivity contribution is -0.132. The van der Waals surface area contributed by atoms with E-state index in [-0.39, 0.29) is 17.9 Å². The monoisotopic (exact) mass is 422 g/mol. The van der Waals surface area contributed by atoms with E-state index in [4.69, 9.17) is 9.72 Å². The minimum atomic E-state index is -0.108. The van der Waals surface area contributed by atoms with Crippen LogP contribution in [-0.2, 0) is 22.4 Å². The Morgan fingerprint density at radius 1 is 1.26 bits per heavy atom. The molecule has 0 spiro atoms. The second-order valence-corrected chi connectivity index (χ2v) is 8.49. The SMILES string of the molecule is COc1ccc(CCCC(=O)N2CCC[C@H]2c2nc(C)c3c(n2)N(C)C(=O)C3)c(C)c1. The molecule has 164 valence electrons. The molecule has 0 saturated carbocycles. The largest absolute Gasteiger partial charge is 0.497 e. The Balaban J connectivity index is 1.42. The number of carbonyl (C=O) groups is 2. The smallest absolute Gasteiger partial charge is 0.232 e. The molecule has 0 unspecified atom stereocenters. The topological polar surface area (TPSA) is 75.6 Å². The number of nitrogens with zero attached hydrogens (tertiary/aromatic N) is 4. The number of fused-ring (bicyclic) bond motifs is 1. The molecule has 2 aliphatic heterocycles. The van der Waals surface area contributed by atoms with Gasteiger partial charge in [-0.25, -0.2) is 9.97 Å². The highest BCUT2D eigenvalue weighted by atomic mass is 16.5. The summed E-state index contributed by atoms with van der Waals surface area (Å²) < 4.78 is 5.27. The Hall–Kier alpha value is -2.96. The summed E-state index contributed by atoms with van der Waals surface area (Å²) in [6, 6.07) is 5.97. The summed E-state index contributed by atoms with van der Waals surface area (Å²) in [6.07, 6.45) is 4.33. The first-order valence-corrected chi connectivity index (χ1v) is 11.0. The summed E-state index contributed by atoms with van der Waals surface area (Å²) in [5, 5.41) is 0. The molecule has 0 N–H and O–H groups in total. The van der Waals surface area contributed by atoms with Crippen molar-refractivity contribution in [1.29, 1.82) is 0 Å². The standard InChI is InChI=1S/C24H30N4O3/c1-15-13-18(31-4)11-10-17(15)7-5-9-21(29)28-12-6-8-20(28)23-25-16(2)19-14-22(30)27(3)24(19)26-23/h10-11,13,20H,5-9,12,14H2,1-4H3/t20-/m0/s1. The van der Waals surface area contributed by atoms with Crippen molar-refractivity contribution in [3.05, 3.63) is 46.4 Å². The normalized spacial score (nSPS) is 17.9. The molecule has 2 aromatic rings. The van der Waals surface area contributed by atoms with Gasteiger partial charge in [-0.3, -0.25) is 14.5 Å². The molecule has 0 bridgehead atoms. The first kappa shape index (κ1) is 21.3. The first-order chi connectivity index (χ1) is 14.9. The van der Waals surface area contributed by atoms with Crippen molar-refractivity contribution in [2.75, 3.05) is 25.6 Å². The highest BCUT2D eigenvalue weighted by Gasteiger charge is 2.35. The summed E-state index contributed by atoms with van der Waals surface area (Å²) >= 11 is 0. The van der Waals surface area contributed by atoms with Gasteiger partial charge in [0.15, 0.2) is 5.82 Å². The number of carbonyl (C=O) groups excluding carboxylic acids is 2. The van der Waals surface area contributed by atoms with Gasteiger partial charge in [-0.2, -0.15) is 0 Å². The number of aryl methyl sites for hydroxylation is 3. The number of likely N-dealkylation sites (N-methyl/N-ethyl adjacent to an activating group) is 1. The number of hydrogen-bond acceptors (Lipinski definition) is 5. The summed E-state index contributed by atoms with van der Waals surface area (Å²) in [6.45, 7) is 4.74. The molecule has 31 heavy (non-hydrogen) atoms. The predicted molar refractivity (Wildman–Crippen MR) is 118 cm³/mol. The molecule has 0 radical (unpaired) electrons. The molecular formula is C24H30N4O3. The molecule has 7 heteroatoms. The number of likely N-dealkylation sites (tertiary alicyclic amines) is 1. The van der Waals surface area contributed by atoms with Crippen molar-refractivity contribution >= 4 is 17.6 Å². The van der Waals surface area contributed by atoms with E-state index in [1.165, 1.54) is 11.1 Å². The van der Waals surface area contributed by atoms with Crippen LogP contribution in [0.5, 0.6) is 5.75 Å². The second kappa shape index (κ2) is 8.65. The zero-order valence-electron chi connectivity index (χ0n) is 18.8. The molecule has 2 amide bonds. The Kier molecular flexibility index (Phi) is 5.94. The minimum absolute atomic E-state index is 0.0396. The maximum absolute atomic E-state index is 13.0. The summed E-state index contributed by atoms with van der Waals surface area (Å²) in [4.78, 5) is 38.0. The van der Waals surface area contributed by atoms with Crippen molar-refractivity contribution < 1.29 is 14.3 Å². The van der Waals surface area contributed by atoms with Crippen LogP contribution in [0, 0.1) is 13.8 Å². The van der Waals surface area contributed by atoms with Crippen LogP contribution in [0.4, 0.5) is 5.82 Å². The van der Waals surface area contributed by atoms with Crippen LogP contribution >= 0.6 is 0 Å². The summed E-state index contributed by atoms with van der Waals surface area (Å²) in [5.41, 5.74) is 4.18. The Labute approximate surface area is 183 Å². The van der Waals surface area contributed by atoms with E-state index < -0.39 is 0 Å². The third kappa shape index (κ3) is 4.13. The molecule has 1 aromatic heterocycles. The van der Waals surface area contributed by atoms with E-state index in [0.717, 1.165) is 49.2 Å². The van der Waals surface area contributed by atoms with Gasteiger partial charge in [0.1, 0.15) is 11.6 Å². The lowest BCUT2D eigenvalue weighted by Crippen LogP contribution is -2.32. The van der Waals surface area contributed by atoms with Crippen molar-refractivity contribution in [1.82, 2.24) is 14.9 Å². The molecule has 2 aliphatic rings. The Morgan fingerprint density at radius 3 is 2.81 bits per heavy atom. The van der Waals surface area contributed by atoms with Gasteiger partial charge < -0.3 is 9.64 Å².